The molecule has 7 nitrogen and oxygen atoms in total. The van der Waals surface area contributed by atoms with E-state index in [-0.39, 0.29) is 5.69 Å². The fourth-order valence-electron chi connectivity index (χ4n) is 1.21. The fourth-order valence-corrected chi connectivity index (χ4v) is 1.21. The van der Waals surface area contributed by atoms with Crippen molar-refractivity contribution in [1.29, 1.82) is 0 Å². The SMILES string of the molecule is CCn1nnc2c(NC)ncn2c1=O. The van der Waals surface area contributed by atoms with Gasteiger partial charge in [0.25, 0.3) is 0 Å². The number of imidazole rings is 1. The topological polar surface area (TPSA) is 77.1 Å². The van der Waals surface area contributed by atoms with Gasteiger partial charge in [-0.25, -0.2) is 14.2 Å². The fraction of sp³-hybridized carbons (Fsp3) is 0.429. The van der Waals surface area contributed by atoms with E-state index in [4.69, 9.17) is 0 Å². The standard InChI is InChI=1S/C7H10N6O/c1-3-13-7(14)12-4-9-5(8-2)6(12)10-11-13/h4,8H,3H2,1-2H3. The number of nitrogens with zero attached hydrogens (tertiary/aromatic N) is 5. The predicted octanol–water partition coefficient (Wildman–Crippen LogP) is -0.652. The molecule has 7 heteroatoms. The van der Waals surface area contributed by atoms with Crippen LogP contribution in [0.2, 0.25) is 0 Å². The first-order chi connectivity index (χ1) is 6.77. The summed E-state index contributed by atoms with van der Waals surface area (Å²) in [5.41, 5.74) is 0.216. The van der Waals surface area contributed by atoms with E-state index < -0.39 is 0 Å². The van der Waals surface area contributed by atoms with E-state index in [1.165, 1.54) is 15.4 Å². The number of aryl methyl sites for hydroxylation is 1. The van der Waals surface area contributed by atoms with Gasteiger partial charge in [0.2, 0.25) is 5.65 Å². The van der Waals surface area contributed by atoms with Gasteiger partial charge in [-0.1, -0.05) is 5.21 Å². The zero-order chi connectivity index (χ0) is 10.1. The van der Waals surface area contributed by atoms with Gasteiger partial charge in [-0.3, -0.25) is 0 Å². The van der Waals surface area contributed by atoms with E-state index in [2.05, 4.69) is 20.6 Å². The molecule has 2 aromatic rings. The smallest absolute Gasteiger partial charge is 0.352 e. The molecule has 1 N–H and O–H groups in total. The van der Waals surface area contributed by atoms with Gasteiger partial charge in [-0.05, 0) is 6.92 Å². The Labute approximate surface area is 79.4 Å². The van der Waals surface area contributed by atoms with Crippen molar-refractivity contribution >= 4 is 11.5 Å². The maximum Gasteiger partial charge on any atom is 0.352 e. The number of fused-ring (bicyclic) bond motifs is 1. The summed E-state index contributed by atoms with van der Waals surface area (Å²) in [7, 11) is 1.72. The lowest BCUT2D eigenvalue weighted by Gasteiger charge is -1.99. The molecular weight excluding hydrogens is 184 g/mol. The molecule has 0 unspecified atom stereocenters. The maximum absolute atomic E-state index is 11.6. The molecule has 0 aromatic carbocycles. The van der Waals surface area contributed by atoms with Crippen LogP contribution in [0, 0.1) is 0 Å². The Hall–Kier alpha value is -1.92. The molecule has 0 aliphatic carbocycles. The Morgan fingerprint density at radius 1 is 1.57 bits per heavy atom. The minimum Gasteiger partial charge on any atom is -0.370 e. The van der Waals surface area contributed by atoms with E-state index in [0.29, 0.717) is 18.0 Å². The Bertz CT molecular complexity index is 512. The minimum absolute atomic E-state index is 0.230. The van der Waals surface area contributed by atoms with Crippen LogP contribution >= 0.6 is 0 Å². The van der Waals surface area contributed by atoms with Crippen LogP contribution in [0.1, 0.15) is 6.92 Å². The molecule has 0 atom stereocenters. The number of anilines is 1. The maximum atomic E-state index is 11.6. The summed E-state index contributed by atoms with van der Waals surface area (Å²) in [6.45, 7) is 2.33. The van der Waals surface area contributed by atoms with Gasteiger partial charge >= 0.3 is 5.69 Å². The van der Waals surface area contributed by atoms with Crippen molar-refractivity contribution in [3.8, 4) is 0 Å². The minimum atomic E-state index is -0.230. The first kappa shape index (κ1) is 8.67. The molecule has 0 fully saturated rings. The first-order valence-electron chi connectivity index (χ1n) is 4.26. The molecule has 2 rings (SSSR count). The third-order valence-electron chi connectivity index (χ3n) is 1.95. The molecule has 0 aliphatic heterocycles. The van der Waals surface area contributed by atoms with Crippen molar-refractivity contribution in [1.82, 2.24) is 24.4 Å². The molecule has 14 heavy (non-hydrogen) atoms. The number of hydrogen-bond donors (Lipinski definition) is 1. The lowest BCUT2D eigenvalue weighted by atomic mass is 10.7. The van der Waals surface area contributed by atoms with E-state index in [9.17, 15) is 4.79 Å². The molecule has 0 bridgehead atoms. The molecule has 0 saturated heterocycles. The zero-order valence-electron chi connectivity index (χ0n) is 7.93. The molecule has 2 aromatic heterocycles. The van der Waals surface area contributed by atoms with E-state index in [1.807, 2.05) is 6.92 Å². The second-order valence-corrected chi connectivity index (χ2v) is 2.72. The zero-order valence-corrected chi connectivity index (χ0v) is 7.93. The molecule has 74 valence electrons. The van der Waals surface area contributed by atoms with Crippen molar-refractivity contribution in [2.24, 2.45) is 0 Å². The Morgan fingerprint density at radius 2 is 2.36 bits per heavy atom. The Morgan fingerprint density at radius 3 is 3.00 bits per heavy atom. The first-order valence-corrected chi connectivity index (χ1v) is 4.26. The van der Waals surface area contributed by atoms with Crippen LogP contribution in [0.3, 0.4) is 0 Å². The average molecular weight is 194 g/mol. The second kappa shape index (κ2) is 3.09. The van der Waals surface area contributed by atoms with Crippen LogP contribution in [0.5, 0.6) is 0 Å². The van der Waals surface area contributed by atoms with Gasteiger partial charge in [0.05, 0.1) is 0 Å². The summed E-state index contributed by atoms with van der Waals surface area (Å²) in [6, 6.07) is 0. The van der Waals surface area contributed by atoms with Crippen LogP contribution in [-0.4, -0.2) is 31.4 Å². The Kier molecular flexibility index (Phi) is 1.91. The molecule has 0 saturated carbocycles. The highest BCUT2D eigenvalue weighted by Gasteiger charge is 2.08. The van der Waals surface area contributed by atoms with Crippen molar-refractivity contribution in [3.05, 3.63) is 16.8 Å². The normalized spacial score (nSPS) is 10.7. The van der Waals surface area contributed by atoms with Gasteiger partial charge in [-0.15, -0.1) is 5.10 Å². The van der Waals surface area contributed by atoms with E-state index >= 15 is 0 Å². The van der Waals surface area contributed by atoms with Gasteiger partial charge < -0.3 is 5.32 Å². The van der Waals surface area contributed by atoms with Crippen molar-refractivity contribution in [3.63, 3.8) is 0 Å². The summed E-state index contributed by atoms with van der Waals surface area (Å²) in [6.07, 6.45) is 1.43. The van der Waals surface area contributed by atoms with Crippen molar-refractivity contribution < 1.29 is 0 Å². The lowest BCUT2D eigenvalue weighted by Crippen LogP contribution is -2.28. The van der Waals surface area contributed by atoms with Gasteiger partial charge in [0, 0.05) is 13.6 Å². The number of nitrogens with one attached hydrogen (secondary N) is 1. The van der Waals surface area contributed by atoms with Crippen LogP contribution < -0.4 is 11.0 Å². The average Bonchev–Trinajstić information content (AvgIpc) is 2.62. The molecule has 0 spiro atoms. The van der Waals surface area contributed by atoms with E-state index in [1.54, 1.807) is 7.05 Å². The molecule has 0 radical (unpaired) electrons. The molecule has 0 amide bonds. The lowest BCUT2D eigenvalue weighted by molar-refractivity contribution is 0.544. The summed E-state index contributed by atoms with van der Waals surface area (Å²) >= 11 is 0. The summed E-state index contributed by atoms with van der Waals surface area (Å²) in [5, 5.41) is 10.5. The van der Waals surface area contributed by atoms with Gasteiger partial charge in [0.15, 0.2) is 5.82 Å². The molecule has 2 heterocycles. The van der Waals surface area contributed by atoms with Crippen LogP contribution in [0.25, 0.3) is 5.65 Å². The van der Waals surface area contributed by atoms with Gasteiger partial charge in [-0.2, -0.15) is 4.68 Å². The predicted molar refractivity (Wildman–Crippen MR) is 50.3 cm³/mol. The Balaban J connectivity index is 2.79. The van der Waals surface area contributed by atoms with Gasteiger partial charge in [0.1, 0.15) is 6.33 Å². The summed E-state index contributed by atoms with van der Waals surface area (Å²) in [4.78, 5) is 15.6. The highest BCUT2D eigenvalue weighted by molar-refractivity contribution is 5.61. The van der Waals surface area contributed by atoms with Crippen LogP contribution in [0.4, 0.5) is 5.82 Å². The quantitative estimate of drug-likeness (QED) is 0.687. The van der Waals surface area contributed by atoms with Crippen LogP contribution in [0.15, 0.2) is 11.1 Å². The number of rotatable bonds is 2. The highest BCUT2D eigenvalue weighted by Crippen LogP contribution is 2.06. The summed E-state index contributed by atoms with van der Waals surface area (Å²) in [5.74, 6) is 0.554. The number of aromatic nitrogens is 5. The molecular formula is C7H10N6O. The number of hydrogen-bond acceptors (Lipinski definition) is 5. The largest absolute Gasteiger partial charge is 0.370 e. The van der Waals surface area contributed by atoms with Crippen LogP contribution in [-0.2, 0) is 6.54 Å². The van der Waals surface area contributed by atoms with Crippen molar-refractivity contribution in [2.75, 3.05) is 12.4 Å². The monoisotopic (exact) mass is 194 g/mol. The van der Waals surface area contributed by atoms with E-state index in [0.717, 1.165) is 0 Å². The highest BCUT2D eigenvalue weighted by atomic mass is 16.2. The molecule has 0 aliphatic rings. The van der Waals surface area contributed by atoms with Crippen molar-refractivity contribution in [2.45, 2.75) is 13.5 Å². The summed E-state index contributed by atoms with van der Waals surface area (Å²) < 4.78 is 2.64. The third kappa shape index (κ3) is 1.05. The second-order valence-electron chi connectivity index (χ2n) is 2.72. The third-order valence-corrected chi connectivity index (χ3v) is 1.95.